The molecular weight excluding hydrogens is 248 g/mol. The van der Waals surface area contributed by atoms with Crippen LogP contribution in [0.3, 0.4) is 0 Å². The van der Waals surface area contributed by atoms with Gasteiger partial charge in [-0.25, -0.2) is 4.98 Å². The van der Waals surface area contributed by atoms with Crippen molar-refractivity contribution in [2.75, 3.05) is 12.4 Å². The minimum absolute atomic E-state index is 0.130. The molecule has 1 unspecified atom stereocenters. The number of likely N-dealkylation sites (N-methyl/N-ethyl adjacent to an activating group) is 1. The number of aromatic nitrogens is 4. The second-order valence-corrected chi connectivity index (χ2v) is 4.41. The zero-order valence-electron chi connectivity index (χ0n) is 10.5. The molecule has 3 heterocycles. The van der Waals surface area contributed by atoms with Crippen LogP contribution < -0.4 is 5.32 Å². The normalized spacial score (nSPS) is 19.5. The van der Waals surface area contributed by atoms with Crippen LogP contribution in [-0.2, 0) is 9.59 Å². The summed E-state index contributed by atoms with van der Waals surface area (Å²) < 4.78 is 1.76. The van der Waals surface area contributed by atoms with Crippen molar-refractivity contribution in [1.29, 1.82) is 0 Å². The fourth-order valence-corrected chi connectivity index (χ4v) is 2.08. The number of nitrogens with one attached hydrogen (secondary N) is 1. The molecular formula is C11H12N6O2. The summed E-state index contributed by atoms with van der Waals surface area (Å²) >= 11 is 0. The topological polar surface area (TPSA) is 92.5 Å². The Bertz CT molecular complexity index is 679. The van der Waals surface area contributed by atoms with Gasteiger partial charge in [-0.05, 0) is 6.92 Å². The van der Waals surface area contributed by atoms with E-state index in [9.17, 15) is 9.59 Å². The molecule has 0 spiro atoms. The molecule has 1 fully saturated rings. The summed E-state index contributed by atoms with van der Waals surface area (Å²) in [4.78, 5) is 28.6. The molecule has 1 aliphatic heterocycles. The number of carbonyl (C=O) groups excluding carboxylic acids is 2. The molecule has 0 aliphatic carbocycles. The minimum atomic E-state index is -0.590. The Morgan fingerprint density at radius 3 is 2.84 bits per heavy atom. The fourth-order valence-electron chi connectivity index (χ4n) is 2.08. The number of hydrogen-bond acceptors (Lipinski definition) is 6. The number of carbonyl (C=O) groups is 2. The largest absolute Gasteiger partial charge is 0.355 e. The molecule has 1 atom stereocenters. The molecule has 1 N–H and O–H groups in total. The zero-order chi connectivity index (χ0) is 13.6. The summed E-state index contributed by atoms with van der Waals surface area (Å²) in [6.07, 6.45) is 3.46. The van der Waals surface area contributed by atoms with E-state index < -0.39 is 6.04 Å². The van der Waals surface area contributed by atoms with E-state index in [1.165, 1.54) is 7.05 Å². The molecule has 3 rings (SSSR count). The van der Waals surface area contributed by atoms with Crippen molar-refractivity contribution < 1.29 is 9.59 Å². The van der Waals surface area contributed by atoms with Crippen LogP contribution in [0.4, 0.5) is 5.82 Å². The van der Waals surface area contributed by atoms with Gasteiger partial charge in [-0.15, -0.1) is 10.2 Å². The predicted octanol–water partition coefficient (Wildman–Crippen LogP) is -0.398. The van der Waals surface area contributed by atoms with Crippen LogP contribution in [0.25, 0.3) is 5.65 Å². The number of nitrogens with zero attached hydrogens (tertiary/aromatic N) is 5. The Hall–Kier alpha value is -2.51. The molecule has 2 aromatic rings. The van der Waals surface area contributed by atoms with E-state index in [2.05, 4.69) is 20.5 Å². The van der Waals surface area contributed by atoms with E-state index in [4.69, 9.17) is 0 Å². The van der Waals surface area contributed by atoms with E-state index in [0.717, 1.165) is 10.7 Å². The quantitative estimate of drug-likeness (QED) is 0.739. The number of anilines is 1. The standard InChI is InChI=1S/C11H12N6O2/c1-6-14-15-10-9(12-3-4-17(6)10)13-7-5-8(18)16(2)11(7)19/h3-4,7H,5H2,1-2H3,(H,12,13). The number of amides is 2. The number of imide groups is 1. The van der Waals surface area contributed by atoms with Crippen molar-refractivity contribution in [2.24, 2.45) is 0 Å². The van der Waals surface area contributed by atoms with Crippen LogP contribution >= 0.6 is 0 Å². The third-order valence-electron chi connectivity index (χ3n) is 3.19. The highest BCUT2D eigenvalue weighted by Crippen LogP contribution is 2.18. The van der Waals surface area contributed by atoms with E-state index >= 15 is 0 Å². The highest BCUT2D eigenvalue weighted by Gasteiger charge is 2.36. The van der Waals surface area contributed by atoms with Crippen LogP contribution in [0.2, 0.25) is 0 Å². The average Bonchev–Trinajstić information content (AvgIpc) is 2.88. The third kappa shape index (κ3) is 1.72. The van der Waals surface area contributed by atoms with E-state index in [-0.39, 0.29) is 18.2 Å². The summed E-state index contributed by atoms with van der Waals surface area (Å²) in [5, 5.41) is 10.9. The lowest BCUT2D eigenvalue weighted by atomic mass is 10.2. The van der Waals surface area contributed by atoms with E-state index in [1.54, 1.807) is 16.8 Å². The monoisotopic (exact) mass is 260 g/mol. The molecule has 2 amide bonds. The molecule has 98 valence electrons. The molecule has 0 saturated carbocycles. The first kappa shape index (κ1) is 11.6. The second-order valence-electron chi connectivity index (χ2n) is 4.41. The molecule has 8 nitrogen and oxygen atoms in total. The number of hydrogen-bond donors (Lipinski definition) is 1. The molecule has 0 aromatic carbocycles. The molecule has 1 saturated heterocycles. The first-order chi connectivity index (χ1) is 9.08. The highest BCUT2D eigenvalue weighted by molar-refractivity contribution is 6.06. The van der Waals surface area contributed by atoms with Gasteiger partial charge in [0.2, 0.25) is 11.6 Å². The average molecular weight is 260 g/mol. The van der Waals surface area contributed by atoms with Crippen molar-refractivity contribution in [1.82, 2.24) is 24.5 Å². The highest BCUT2D eigenvalue weighted by atomic mass is 16.2. The lowest BCUT2D eigenvalue weighted by Gasteiger charge is -2.11. The predicted molar refractivity (Wildman–Crippen MR) is 65.3 cm³/mol. The second kappa shape index (κ2) is 4.01. The van der Waals surface area contributed by atoms with E-state index in [1.807, 2.05) is 6.92 Å². The Kier molecular flexibility index (Phi) is 2.44. The van der Waals surface area contributed by atoms with Gasteiger partial charge in [0.1, 0.15) is 11.9 Å². The fraction of sp³-hybridized carbons (Fsp3) is 0.364. The summed E-state index contributed by atoms with van der Waals surface area (Å²) in [6, 6.07) is -0.590. The van der Waals surface area contributed by atoms with Crippen LogP contribution in [0.5, 0.6) is 0 Å². The number of fused-ring (bicyclic) bond motifs is 1. The smallest absolute Gasteiger partial charge is 0.251 e. The van der Waals surface area contributed by atoms with Crippen molar-refractivity contribution >= 4 is 23.3 Å². The van der Waals surface area contributed by atoms with Gasteiger partial charge in [0, 0.05) is 19.4 Å². The molecule has 8 heteroatoms. The molecule has 0 bridgehead atoms. The van der Waals surface area contributed by atoms with Crippen molar-refractivity contribution in [3.05, 3.63) is 18.2 Å². The van der Waals surface area contributed by atoms with Crippen LogP contribution in [0, 0.1) is 6.92 Å². The van der Waals surface area contributed by atoms with Gasteiger partial charge in [-0.1, -0.05) is 0 Å². The van der Waals surface area contributed by atoms with Crippen LogP contribution in [-0.4, -0.2) is 49.4 Å². The Labute approximate surface area is 108 Å². The van der Waals surface area contributed by atoms with Gasteiger partial charge in [0.05, 0.1) is 6.42 Å². The molecule has 0 radical (unpaired) electrons. The summed E-state index contributed by atoms with van der Waals surface area (Å²) in [7, 11) is 1.47. The summed E-state index contributed by atoms with van der Waals surface area (Å²) in [5.41, 5.74) is 0.537. The molecule has 19 heavy (non-hydrogen) atoms. The van der Waals surface area contributed by atoms with Gasteiger partial charge in [-0.2, -0.15) is 0 Å². The summed E-state index contributed by atoms with van der Waals surface area (Å²) in [6.45, 7) is 1.82. The van der Waals surface area contributed by atoms with Crippen molar-refractivity contribution in [3.63, 3.8) is 0 Å². The van der Waals surface area contributed by atoms with Gasteiger partial charge < -0.3 is 5.32 Å². The Balaban J connectivity index is 1.94. The zero-order valence-corrected chi connectivity index (χ0v) is 10.5. The molecule has 2 aromatic heterocycles. The van der Waals surface area contributed by atoms with Crippen LogP contribution in [0.15, 0.2) is 12.4 Å². The van der Waals surface area contributed by atoms with Gasteiger partial charge >= 0.3 is 0 Å². The van der Waals surface area contributed by atoms with Gasteiger partial charge in [-0.3, -0.25) is 18.9 Å². The lowest BCUT2D eigenvalue weighted by Crippen LogP contribution is -2.32. The van der Waals surface area contributed by atoms with Crippen LogP contribution in [0.1, 0.15) is 12.2 Å². The minimum Gasteiger partial charge on any atom is -0.355 e. The maximum atomic E-state index is 11.8. The maximum absolute atomic E-state index is 11.8. The first-order valence-corrected chi connectivity index (χ1v) is 5.81. The number of rotatable bonds is 2. The van der Waals surface area contributed by atoms with Crippen molar-refractivity contribution in [3.8, 4) is 0 Å². The first-order valence-electron chi connectivity index (χ1n) is 5.81. The molecule has 1 aliphatic rings. The third-order valence-corrected chi connectivity index (χ3v) is 3.19. The SMILES string of the molecule is Cc1nnc2c(NC3CC(=O)N(C)C3=O)nccn12. The van der Waals surface area contributed by atoms with Crippen molar-refractivity contribution in [2.45, 2.75) is 19.4 Å². The lowest BCUT2D eigenvalue weighted by molar-refractivity contribution is -0.136. The number of aryl methyl sites for hydroxylation is 1. The maximum Gasteiger partial charge on any atom is 0.251 e. The Morgan fingerprint density at radius 2 is 2.16 bits per heavy atom. The van der Waals surface area contributed by atoms with Gasteiger partial charge in [0.25, 0.3) is 5.91 Å². The summed E-state index contributed by atoms with van der Waals surface area (Å²) in [5.74, 6) is 0.716. The van der Waals surface area contributed by atoms with E-state index in [0.29, 0.717) is 11.5 Å². The number of likely N-dealkylation sites (tertiary alicyclic amines) is 1. The van der Waals surface area contributed by atoms with Gasteiger partial charge in [0.15, 0.2) is 5.82 Å². The Morgan fingerprint density at radius 1 is 1.37 bits per heavy atom.